The van der Waals surface area contributed by atoms with E-state index in [0.29, 0.717) is 13.0 Å². The minimum Gasteiger partial charge on any atom is -0.355 e. The van der Waals surface area contributed by atoms with Crippen LogP contribution in [0.5, 0.6) is 0 Å². The van der Waals surface area contributed by atoms with Gasteiger partial charge in [0, 0.05) is 13.0 Å². The zero-order chi connectivity index (χ0) is 12.5. The quantitative estimate of drug-likeness (QED) is 0.744. The van der Waals surface area contributed by atoms with Crippen LogP contribution in [0, 0.1) is 0 Å². The number of benzene rings is 1. The number of aryl methyl sites for hydroxylation is 1. The van der Waals surface area contributed by atoms with Crippen molar-refractivity contribution >= 4 is 17.5 Å². The normalized spacial score (nSPS) is 12.1. The van der Waals surface area contributed by atoms with Crippen LogP contribution in [0.15, 0.2) is 30.3 Å². The number of rotatable bonds is 7. The van der Waals surface area contributed by atoms with E-state index in [4.69, 9.17) is 11.6 Å². The molecule has 94 valence electrons. The molecule has 0 saturated carbocycles. The van der Waals surface area contributed by atoms with E-state index >= 15 is 0 Å². The predicted molar refractivity (Wildman–Crippen MR) is 72.3 cm³/mol. The monoisotopic (exact) mass is 253 g/mol. The van der Waals surface area contributed by atoms with Crippen LogP contribution in [0.1, 0.15) is 31.7 Å². The van der Waals surface area contributed by atoms with E-state index in [9.17, 15) is 4.79 Å². The summed E-state index contributed by atoms with van der Waals surface area (Å²) in [5, 5.41) is 2.92. The molecule has 2 nitrogen and oxygen atoms in total. The Kier molecular flexibility index (Phi) is 6.71. The van der Waals surface area contributed by atoms with E-state index in [1.165, 1.54) is 5.56 Å². The van der Waals surface area contributed by atoms with Crippen molar-refractivity contribution in [1.29, 1.82) is 0 Å². The maximum absolute atomic E-state index is 11.6. The third-order valence-corrected chi connectivity index (χ3v) is 2.98. The van der Waals surface area contributed by atoms with Gasteiger partial charge in [0.1, 0.15) is 0 Å². The van der Waals surface area contributed by atoms with E-state index < -0.39 is 0 Å². The Morgan fingerprint density at radius 3 is 2.71 bits per heavy atom. The molecule has 1 aromatic rings. The van der Waals surface area contributed by atoms with Crippen LogP contribution in [0.4, 0.5) is 0 Å². The van der Waals surface area contributed by atoms with Crippen LogP contribution < -0.4 is 5.32 Å². The molecule has 1 aromatic carbocycles. The summed E-state index contributed by atoms with van der Waals surface area (Å²) in [5.74, 6) is 0.0793. The molecule has 1 N–H and O–H groups in total. The Labute approximate surface area is 108 Å². The van der Waals surface area contributed by atoms with Gasteiger partial charge in [0.25, 0.3) is 0 Å². The van der Waals surface area contributed by atoms with E-state index in [2.05, 4.69) is 12.2 Å². The number of carbonyl (C=O) groups excluding carboxylic acids is 1. The molecule has 0 fully saturated rings. The standard InChI is InChI=1S/C14H20ClNO/c1-2-6-13(15)11-16-14(17)10-9-12-7-4-3-5-8-12/h3-5,7-8,13H,2,6,9-11H2,1H3,(H,16,17). The summed E-state index contributed by atoms with van der Waals surface area (Å²) in [5.41, 5.74) is 1.19. The largest absolute Gasteiger partial charge is 0.355 e. The van der Waals surface area contributed by atoms with Gasteiger partial charge in [-0.3, -0.25) is 4.79 Å². The number of hydrogen-bond donors (Lipinski definition) is 1. The van der Waals surface area contributed by atoms with Gasteiger partial charge in [0.05, 0.1) is 5.38 Å². The molecule has 0 aliphatic carbocycles. The van der Waals surface area contributed by atoms with Crippen LogP contribution in [0.25, 0.3) is 0 Å². The summed E-state index contributed by atoms with van der Waals surface area (Å²) in [6.45, 7) is 2.66. The summed E-state index contributed by atoms with van der Waals surface area (Å²) in [7, 11) is 0. The highest BCUT2D eigenvalue weighted by Gasteiger charge is 2.06. The molecule has 0 radical (unpaired) electrons. The molecule has 1 amide bonds. The van der Waals surface area contributed by atoms with Gasteiger partial charge in [-0.25, -0.2) is 0 Å². The van der Waals surface area contributed by atoms with E-state index in [-0.39, 0.29) is 11.3 Å². The first-order chi connectivity index (χ1) is 8.22. The molecule has 0 aliphatic heterocycles. The number of hydrogen-bond acceptors (Lipinski definition) is 1. The highest BCUT2D eigenvalue weighted by Crippen LogP contribution is 2.04. The SMILES string of the molecule is CCCC(Cl)CNC(=O)CCc1ccccc1. The summed E-state index contributed by atoms with van der Waals surface area (Å²) in [6, 6.07) is 10.0. The van der Waals surface area contributed by atoms with E-state index in [0.717, 1.165) is 19.3 Å². The van der Waals surface area contributed by atoms with Crippen molar-refractivity contribution in [2.24, 2.45) is 0 Å². The smallest absolute Gasteiger partial charge is 0.220 e. The first-order valence-electron chi connectivity index (χ1n) is 6.17. The Bertz CT molecular complexity index is 326. The molecule has 1 atom stereocenters. The molecule has 17 heavy (non-hydrogen) atoms. The van der Waals surface area contributed by atoms with Crippen LogP contribution in [0.3, 0.4) is 0 Å². The summed E-state index contributed by atoms with van der Waals surface area (Å²) in [6.07, 6.45) is 3.31. The Balaban J connectivity index is 2.17. The van der Waals surface area contributed by atoms with Gasteiger partial charge in [0.15, 0.2) is 0 Å². The molecular weight excluding hydrogens is 234 g/mol. The van der Waals surface area contributed by atoms with Gasteiger partial charge < -0.3 is 5.32 Å². The second-order valence-electron chi connectivity index (χ2n) is 4.18. The first-order valence-corrected chi connectivity index (χ1v) is 6.60. The molecule has 0 aliphatic rings. The molecular formula is C14H20ClNO. The van der Waals surface area contributed by atoms with Gasteiger partial charge in [-0.05, 0) is 18.4 Å². The predicted octanol–water partition coefficient (Wildman–Crippen LogP) is 3.14. The van der Waals surface area contributed by atoms with E-state index in [1.54, 1.807) is 0 Å². The van der Waals surface area contributed by atoms with Crippen molar-refractivity contribution in [3.8, 4) is 0 Å². The highest BCUT2D eigenvalue weighted by atomic mass is 35.5. The van der Waals surface area contributed by atoms with Crippen molar-refractivity contribution in [1.82, 2.24) is 5.32 Å². The fraction of sp³-hybridized carbons (Fsp3) is 0.500. The average Bonchev–Trinajstić information content (AvgIpc) is 2.35. The summed E-state index contributed by atoms with van der Waals surface area (Å²) in [4.78, 5) is 11.6. The van der Waals surface area contributed by atoms with Gasteiger partial charge in [0.2, 0.25) is 5.91 Å². The fourth-order valence-electron chi connectivity index (χ4n) is 1.63. The second-order valence-corrected chi connectivity index (χ2v) is 4.79. The Hall–Kier alpha value is -1.02. The number of amides is 1. The van der Waals surface area contributed by atoms with Crippen LogP contribution in [-0.4, -0.2) is 17.8 Å². The second kappa shape index (κ2) is 8.13. The lowest BCUT2D eigenvalue weighted by molar-refractivity contribution is -0.121. The van der Waals surface area contributed by atoms with Crippen molar-refractivity contribution in [2.45, 2.75) is 38.0 Å². The molecule has 0 bridgehead atoms. The maximum Gasteiger partial charge on any atom is 0.220 e. The Morgan fingerprint density at radius 2 is 2.06 bits per heavy atom. The molecule has 0 aromatic heterocycles. The van der Waals surface area contributed by atoms with Crippen LogP contribution in [-0.2, 0) is 11.2 Å². The lowest BCUT2D eigenvalue weighted by Crippen LogP contribution is -2.29. The molecule has 3 heteroatoms. The fourth-order valence-corrected chi connectivity index (χ4v) is 1.93. The number of alkyl halides is 1. The average molecular weight is 254 g/mol. The molecule has 0 saturated heterocycles. The number of nitrogens with one attached hydrogen (secondary N) is 1. The topological polar surface area (TPSA) is 29.1 Å². The molecule has 1 rings (SSSR count). The maximum atomic E-state index is 11.6. The number of halogens is 1. The minimum atomic E-state index is 0.0562. The summed E-state index contributed by atoms with van der Waals surface area (Å²) >= 11 is 6.03. The van der Waals surface area contributed by atoms with Crippen molar-refractivity contribution in [3.05, 3.63) is 35.9 Å². The van der Waals surface area contributed by atoms with Crippen molar-refractivity contribution < 1.29 is 4.79 Å². The molecule has 0 heterocycles. The third-order valence-electron chi connectivity index (χ3n) is 2.61. The highest BCUT2D eigenvalue weighted by molar-refractivity contribution is 6.20. The van der Waals surface area contributed by atoms with Gasteiger partial charge in [-0.1, -0.05) is 43.7 Å². The van der Waals surface area contributed by atoms with Gasteiger partial charge in [-0.15, -0.1) is 11.6 Å². The zero-order valence-corrected chi connectivity index (χ0v) is 11.0. The third kappa shape index (κ3) is 6.32. The van der Waals surface area contributed by atoms with Gasteiger partial charge >= 0.3 is 0 Å². The Morgan fingerprint density at radius 1 is 1.35 bits per heavy atom. The minimum absolute atomic E-state index is 0.0562. The zero-order valence-electron chi connectivity index (χ0n) is 10.3. The lowest BCUT2D eigenvalue weighted by Gasteiger charge is -2.09. The number of carbonyl (C=O) groups is 1. The van der Waals surface area contributed by atoms with Crippen molar-refractivity contribution in [3.63, 3.8) is 0 Å². The van der Waals surface area contributed by atoms with E-state index in [1.807, 2.05) is 30.3 Å². The molecule has 1 unspecified atom stereocenters. The lowest BCUT2D eigenvalue weighted by atomic mass is 10.1. The van der Waals surface area contributed by atoms with Crippen molar-refractivity contribution in [2.75, 3.05) is 6.54 Å². The van der Waals surface area contributed by atoms with Gasteiger partial charge in [-0.2, -0.15) is 0 Å². The summed E-state index contributed by atoms with van der Waals surface area (Å²) < 4.78 is 0. The molecule has 0 spiro atoms. The first kappa shape index (κ1) is 14.0. The van der Waals surface area contributed by atoms with Crippen LogP contribution in [0.2, 0.25) is 0 Å². The van der Waals surface area contributed by atoms with Crippen LogP contribution >= 0.6 is 11.6 Å².